The summed E-state index contributed by atoms with van der Waals surface area (Å²) in [5.74, 6) is -0.244. The van der Waals surface area contributed by atoms with E-state index < -0.39 is 6.04 Å². The van der Waals surface area contributed by atoms with Crippen molar-refractivity contribution in [1.82, 2.24) is 10.6 Å². The van der Waals surface area contributed by atoms with E-state index in [9.17, 15) is 9.59 Å². The summed E-state index contributed by atoms with van der Waals surface area (Å²) in [7, 11) is 1.55. The number of hydrogen-bond donors (Lipinski definition) is 2. The van der Waals surface area contributed by atoms with Gasteiger partial charge in [-0.25, -0.2) is 0 Å². The minimum absolute atomic E-state index is 0.204. The van der Waals surface area contributed by atoms with Crippen molar-refractivity contribution in [2.75, 3.05) is 7.05 Å². The van der Waals surface area contributed by atoms with E-state index in [1.165, 1.54) is 6.08 Å². The molecular weight excluding hydrogens is 323 g/mol. The zero-order valence-corrected chi connectivity index (χ0v) is 14.3. The van der Waals surface area contributed by atoms with Crippen LogP contribution in [0.3, 0.4) is 0 Å². The fourth-order valence-corrected chi connectivity index (χ4v) is 2.19. The molecule has 1 atom stereocenters. The van der Waals surface area contributed by atoms with Crippen LogP contribution < -0.4 is 10.6 Å². The van der Waals surface area contributed by atoms with Gasteiger partial charge in [0.25, 0.3) is 0 Å². The molecule has 0 radical (unpaired) electrons. The number of likely N-dealkylation sites (N-methyl/N-ethyl adjacent to an activating group) is 1. The fraction of sp³-hybridized carbons (Fsp3) is 0.375. The van der Waals surface area contributed by atoms with Crippen molar-refractivity contribution in [3.8, 4) is 0 Å². The first-order chi connectivity index (χ1) is 10.3. The van der Waals surface area contributed by atoms with Gasteiger partial charge < -0.3 is 10.6 Å². The number of hydrogen-bond acceptors (Lipinski definition) is 2. The standard InChI is InChI=1S/C16H20Cl2N2O2/c1-10(2)8-14(16(22)19-3)20-15(21)7-5-11-4-6-12(17)13(18)9-11/h4-7,9-10,14H,8H2,1-3H3,(H,19,22)(H,20,21)/b7-5+. The van der Waals surface area contributed by atoms with Crippen LogP contribution in [0, 0.1) is 5.92 Å². The lowest BCUT2D eigenvalue weighted by molar-refractivity contribution is -0.127. The molecule has 120 valence electrons. The maximum atomic E-state index is 11.9. The fourth-order valence-electron chi connectivity index (χ4n) is 1.88. The van der Waals surface area contributed by atoms with E-state index in [0.29, 0.717) is 22.4 Å². The van der Waals surface area contributed by atoms with Crippen molar-refractivity contribution in [3.05, 3.63) is 39.9 Å². The van der Waals surface area contributed by atoms with Crippen molar-refractivity contribution < 1.29 is 9.59 Å². The quantitative estimate of drug-likeness (QED) is 0.779. The summed E-state index contributed by atoms with van der Waals surface area (Å²) in [6.45, 7) is 3.99. The number of carbonyl (C=O) groups excluding carboxylic acids is 2. The molecule has 0 fully saturated rings. The van der Waals surface area contributed by atoms with Crippen molar-refractivity contribution in [3.63, 3.8) is 0 Å². The molecule has 0 saturated carbocycles. The van der Waals surface area contributed by atoms with Gasteiger partial charge in [-0.3, -0.25) is 9.59 Å². The number of amides is 2. The third kappa shape index (κ3) is 6.08. The molecule has 0 bridgehead atoms. The van der Waals surface area contributed by atoms with E-state index in [2.05, 4.69) is 10.6 Å². The molecule has 6 heteroatoms. The Morgan fingerprint density at radius 1 is 1.23 bits per heavy atom. The highest BCUT2D eigenvalue weighted by Gasteiger charge is 2.19. The summed E-state index contributed by atoms with van der Waals surface area (Å²) in [6.07, 6.45) is 3.57. The van der Waals surface area contributed by atoms with Gasteiger partial charge in [-0.2, -0.15) is 0 Å². The van der Waals surface area contributed by atoms with Gasteiger partial charge in [0.1, 0.15) is 6.04 Å². The molecule has 0 aromatic heterocycles. The van der Waals surface area contributed by atoms with Crippen molar-refractivity contribution in [2.24, 2.45) is 5.92 Å². The monoisotopic (exact) mass is 342 g/mol. The van der Waals surface area contributed by atoms with E-state index in [1.807, 2.05) is 13.8 Å². The maximum Gasteiger partial charge on any atom is 0.244 e. The second kappa shape index (κ2) is 8.81. The molecule has 1 aromatic carbocycles. The zero-order chi connectivity index (χ0) is 16.7. The second-order valence-corrected chi connectivity index (χ2v) is 6.13. The van der Waals surface area contributed by atoms with Crippen LogP contribution in [-0.4, -0.2) is 24.9 Å². The first-order valence-electron chi connectivity index (χ1n) is 6.98. The van der Waals surface area contributed by atoms with Crippen LogP contribution in [0.1, 0.15) is 25.8 Å². The molecule has 0 spiro atoms. The molecule has 4 nitrogen and oxygen atoms in total. The minimum atomic E-state index is -0.545. The zero-order valence-electron chi connectivity index (χ0n) is 12.8. The SMILES string of the molecule is CNC(=O)C(CC(C)C)NC(=O)/C=C/c1ccc(Cl)c(Cl)c1. The average Bonchev–Trinajstić information content (AvgIpc) is 2.46. The second-order valence-electron chi connectivity index (χ2n) is 5.31. The van der Waals surface area contributed by atoms with Gasteiger partial charge in [-0.05, 0) is 36.1 Å². The lowest BCUT2D eigenvalue weighted by Gasteiger charge is -2.18. The average molecular weight is 343 g/mol. The number of nitrogens with one attached hydrogen (secondary N) is 2. The molecule has 0 aliphatic rings. The first-order valence-corrected chi connectivity index (χ1v) is 7.74. The first kappa shape index (κ1) is 18.5. The van der Waals surface area contributed by atoms with Gasteiger partial charge in [0.2, 0.25) is 11.8 Å². The third-order valence-corrected chi connectivity index (χ3v) is 3.70. The molecular formula is C16H20Cl2N2O2. The minimum Gasteiger partial charge on any atom is -0.357 e. The van der Waals surface area contributed by atoms with Crippen molar-refractivity contribution in [2.45, 2.75) is 26.3 Å². The highest BCUT2D eigenvalue weighted by molar-refractivity contribution is 6.42. The number of carbonyl (C=O) groups is 2. The number of halogens is 2. The molecule has 22 heavy (non-hydrogen) atoms. The van der Waals surface area contributed by atoms with Gasteiger partial charge in [0.05, 0.1) is 10.0 Å². The summed E-state index contributed by atoms with van der Waals surface area (Å²) in [6, 6.07) is 4.53. The Morgan fingerprint density at radius 3 is 2.45 bits per heavy atom. The highest BCUT2D eigenvalue weighted by Crippen LogP contribution is 2.23. The molecule has 0 saturated heterocycles. The Kier molecular flexibility index (Phi) is 7.42. The van der Waals surface area contributed by atoms with Crippen LogP contribution in [-0.2, 0) is 9.59 Å². The normalized spacial score (nSPS) is 12.5. The summed E-state index contributed by atoms with van der Waals surface area (Å²) < 4.78 is 0. The van der Waals surface area contributed by atoms with Crippen LogP contribution in [0.4, 0.5) is 0 Å². The summed E-state index contributed by atoms with van der Waals surface area (Å²) >= 11 is 11.7. The topological polar surface area (TPSA) is 58.2 Å². The van der Waals surface area contributed by atoms with Gasteiger partial charge in [-0.15, -0.1) is 0 Å². The lowest BCUT2D eigenvalue weighted by Crippen LogP contribution is -2.45. The maximum absolute atomic E-state index is 11.9. The van der Waals surface area contributed by atoms with Crippen LogP contribution in [0.2, 0.25) is 10.0 Å². The Bertz CT molecular complexity index is 571. The molecule has 2 amide bonds. The molecule has 1 unspecified atom stereocenters. The predicted octanol–water partition coefficient (Wildman–Crippen LogP) is 3.28. The van der Waals surface area contributed by atoms with Crippen LogP contribution >= 0.6 is 23.2 Å². The summed E-state index contributed by atoms with van der Waals surface area (Å²) in [4.78, 5) is 23.7. The molecule has 1 rings (SSSR count). The van der Waals surface area contributed by atoms with Gasteiger partial charge >= 0.3 is 0 Å². The smallest absolute Gasteiger partial charge is 0.244 e. The van der Waals surface area contributed by atoms with E-state index in [-0.39, 0.29) is 11.8 Å². The summed E-state index contributed by atoms with van der Waals surface area (Å²) in [5, 5.41) is 6.13. The number of benzene rings is 1. The van der Waals surface area contributed by atoms with E-state index in [0.717, 1.165) is 5.56 Å². The Labute approximate surface area is 140 Å². The van der Waals surface area contributed by atoms with Gasteiger partial charge in [-0.1, -0.05) is 43.1 Å². The Hall–Kier alpha value is -1.52. The Morgan fingerprint density at radius 2 is 1.91 bits per heavy atom. The number of rotatable bonds is 6. The summed E-state index contributed by atoms with van der Waals surface area (Å²) in [5.41, 5.74) is 0.755. The van der Waals surface area contributed by atoms with Crippen LogP contribution in [0.5, 0.6) is 0 Å². The molecule has 0 aliphatic carbocycles. The molecule has 0 heterocycles. The highest BCUT2D eigenvalue weighted by atomic mass is 35.5. The third-order valence-electron chi connectivity index (χ3n) is 2.96. The van der Waals surface area contributed by atoms with Crippen molar-refractivity contribution >= 4 is 41.1 Å². The van der Waals surface area contributed by atoms with E-state index >= 15 is 0 Å². The Balaban J connectivity index is 2.71. The van der Waals surface area contributed by atoms with Gasteiger partial charge in [0.15, 0.2) is 0 Å². The van der Waals surface area contributed by atoms with E-state index in [1.54, 1.807) is 31.3 Å². The largest absolute Gasteiger partial charge is 0.357 e. The van der Waals surface area contributed by atoms with Crippen LogP contribution in [0.15, 0.2) is 24.3 Å². The van der Waals surface area contributed by atoms with Gasteiger partial charge in [0, 0.05) is 13.1 Å². The lowest BCUT2D eigenvalue weighted by atomic mass is 10.0. The van der Waals surface area contributed by atoms with Crippen LogP contribution in [0.25, 0.3) is 6.08 Å². The molecule has 2 N–H and O–H groups in total. The van der Waals surface area contributed by atoms with Crippen molar-refractivity contribution in [1.29, 1.82) is 0 Å². The molecule has 0 aliphatic heterocycles. The predicted molar refractivity (Wildman–Crippen MR) is 90.9 cm³/mol. The molecule has 1 aromatic rings. The van der Waals surface area contributed by atoms with E-state index in [4.69, 9.17) is 23.2 Å².